The first kappa shape index (κ1) is 17.5. The van der Waals surface area contributed by atoms with Gasteiger partial charge in [0.1, 0.15) is 12.4 Å². The van der Waals surface area contributed by atoms with Crippen molar-refractivity contribution in [2.45, 2.75) is 13.0 Å². The molecule has 0 saturated heterocycles. The molecule has 0 saturated carbocycles. The van der Waals surface area contributed by atoms with Crippen LogP contribution in [0.25, 0.3) is 0 Å². The van der Waals surface area contributed by atoms with Gasteiger partial charge in [-0.25, -0.2) is 4.79 Å². The van der Waals surface area contributed by atoms with Crippen LogP contribution in [-0.2, 0) is 13.0 Å². The van der Waals surface area contributed by atoms with Gasteiger partial charge in [0.2, 0.25) is 0 Å². The second kappa shape index (κ2) is 9.28. The first-order chi connectivity index (χ1) is 12.8. The highest BCUT2D eigenvalue weighted by Crippen LogP contribution is 2.17. The molecule has 3 aromatic carbocycles. The summed E-state index contributed by atoms with van der Waals surface area (Å²) in [6.07, 6.45) is 0.806. The zero-order valence-corrected chi connectivity index (χ0v) is 14.5. The van der Waals surface area contributed by atoms with Crippen LogP contribution in [0, 0.1) is 0 Å². The Morgan fingerprint density at radius 3 is 2.04 bits per heavy atom. The summed E-state index contributed by atoms with van der Waals surface area (Å²) in [5.74, 6) is 0.767. The van der Waals surface area contributed by atoms with Crippen LogP contribution in [0.5, 0.6) is 5.75 Å². The number of carbonyl (C=O) groups excluding carboxylic acids is 1. The lowest BCUT2D eigenvalue weighted by atomic mass is 10.1. The number of anilines is 1. The van der Waals surface area contributed by atoms with Gasteiger partial charge in [0.05, 0.1) is 0 Å². The van der Waals surface area contributed by atoms with Crippen molar-refractivity contribution >= 4 is 11.7 Å². The van der Waals surface area contributed by atoms with E-state index < -0.39 is 0 Å². The highest BCUT2D eigenvalue weighted by atomic mass is 16.5. The van der Waals surface area contributed by atoms with Crippen LogP contribution in [0.4, 0.5) is 10.5 Å². The predicted octanol–water partition coefficient (Wildman–Crippen LogP) is 4.63. The van der Waals surface area contributed by atoms with E-state index in [0.29, 0.717) is 13.2 Å². The van der Waals surface area contributed by atoms with Crippen molar-refractivity contribution in [1.29, 1.82) is 0 Å². The van der Waals surface area contributed by atoms with Crippen LogP contribution in [0.3, 0.4) is 0 Å². The minimum Gasteiger partial charge on any atom is -0.489 e. The smallest absolute Gasteiger partial charge is 0.319 e. The number of ether oxygens (including phenoxy) is 1. The number of carbonyl (C=O) groups is 1. The van der Waals surface area contributed by atoms with E-state index in [1.165, 1.54) is 5.56 Å². The maximum absolute atomic E-state index is 11.9. The van der Waals surface area contributed by atoms with Gasteiger partial charge in [-0.2, -0.15) is 0 Å². The lowest BCUT2D eigenvalue weighted by Gasteiger charge is -2.09. The molecular formula is C22H22N2O2. The van der Waals surface area contributed by atoms with Crippen molar-refractivity contribution in [1.82, 2.24) is 5.32 Å². The highest BCUT2D eigenvalue weighted by molar-refractivity contribution is 5.89. The molecule has 0 aliphatic carbocycles. The maximum atomic E-state index is 11.9. The Kier molecular flexibility index (Phi) is 6.26. The van der Waals surface area contributed by atoms with E-state index in [4.69, 9.17) is 4.74 Å². The second-order valence-corrected chi connectivity index (χ2v) is 5.92. The predicted molar refractivity (Wildman–Crippen MR) is 104 cm³/mol. The van der Waals surface area contributed by atoms with Gasteiger partial charge in [0.15, 0.2) is 0 Å². The van der Waals surface area contributed by atoms with E-state index in [2.05, 4.69) is 10.6 Å². The molecule has 0 unspecified atom stereocenters. The largest absolute Gasteiger partial charge is 0.489 e. The van der Waals surface area contributed by atoms with E-state index in [-0.39, 0.29) is 6.03 Å². The Morgan fingerprint density at radius 1 is 0.769 bits per heavy atom. The zero-order chi connectivity index (χ0) is 18.0. The fraction of sp³-hybridized carbons (Fsp3) is 0.136. The topological polar surface area (TPSA) is 50.4 Å². The second-order valence-electron chi connectivity index (χ2n) is 5.92. The molecule has 0 aliphatic heterocycles. The number of benzene rings is 3. The molecule has 0 spiro atoms. The van der Waals surface area contributed by atoms with Crippen molar-refractivity contribution in [3.8, 4) is 5.75 Å². The van der Waals surface area contributed by atoms with Gasteiger partial charge in [-0.05, 0) is 41.8 Å². The highest BCUT2D eigenvalue weighted by Gasteiger charge is 2.02. The van der Waals surface area contributed by atoms with Gasteiger partial charge in [-0.1, -0.05) is 60.7 Å². The van der Waals surface area contributed by atoms with Gasteiger partial charge in [0, 0.05) is 12.2 Å². The molecule has 0 aliphatic rings. The molecule has 2 amide bonds. The lowest BCUT2D eigenvalue weighted by Crippen LogP contribution is -2.30. The Balaban J connectivity index is 1.41. The molecule has 2 N–H and O–H groups in total. The number of hydrogen-bond acceptors (Lipinski definition) is 2. The average molecular weight is 346 g/mol. The van der Waals surface area contributed by atoms with Crippen molar-refractivity contribution in [2.24, 2.45) is 0 Å². The molecule has 4 nitrogen and oxygen atoms in total. The molecule has 3 aromatic rings. The van der Waals surface area contributed by atoms with Crippen molar-refractivity contribution in [3.05, 3.63) is 96.1 Å². The van der Waals surface area contributed by atoms with Gasteiger partial charge in [-0.3, -0.25) is 0 Å². The van der Waals surface area contributed by atoms with E-state index in [1.54, 1.807) is 0 Å². The Hall–Kier alpha value is -3.27. The SMILES string of the molecule is O=C(NCCc1ccccc1)Nc1ccc(OCc2ccccc2)cc1. The summed E-state index contributed by atoms with van der Waals surface area (Å²) in [5.41, 5.74) is 3.05. The summed E-state index contributed by atoms with van der Waals surface area (Å²) >= 11 is 0. The molecular weight excluding hydrogens is 324 g/mol. The molecule has 4 heteroatoms. The summed E-state index contributed by atoms with van der Waals surface area (Å²) in [7, 11) is 0. The third-order valence-corrected chi connectivity index (χ3v) is 3.90. The molecule has 0 fully saturated rings. The van der Waals surface area contributed by atoms with Gasteiger partial charge in [-0.15, -0.1) is 0 Å². The van der Waals surface area contributed by atoms with Crippen molar-refractivity contribution in [3.63, 3.8) is 0 Å². The van der Waals surface area contributed by atoms with Crippen molar-refractivity contribution < 1.29 is 9.53 Å². The van der Waals surface area contributed by atoms with Gasteiger partial charge in [0.25, 0.3) is 0 Å². The lowest BCUT2D eigenvalue weighted by molar-refractivity contribution is 0.252. The standard InChI is InChI=1S/C22H22N2O2/c25-22(23-16-15-18-7-3-1-4-8-18)24-20-11-13-21(14-12-20)26-17-19-9-5-2-6-10-19/h1-14H,15-17H2,(H2,23,24,25). The minimum atomic E-state index is -0.209. The Labute approximate surface area is 153 Å². The van der Waals surface area contributed by atoms with Crippen LogP contribution >= 0.6 is 0 Å². The third kappa shape index (κ3) is 5.67. The fourth-order valence-corrected chi connectivity index (χ4v) is 2.52. The monoisotopic (exact) mass is 346 g/mol. The van der Waals surface area contributed by atoms with Crippen LogP contribution in [-0.4, -0.2) is 12.6 Å². The average Bonchev–Trinajstić information content (AvgIpc) is 2.69. The first-order valence-corrected chi connectivity index (χ1v) is 8.65. The number of nitrogens with one attached hydrogen (secondary N) is 2. The summed E-state index contributed by atoms with van der Waals surface area (Å²) in [6, 6.07) is 27.2. The number of hydrogen-bond donors (Lipinski definition) is 2. The zero-order valence-electron chi connectivity index (χ0n) is 14.5. The quantitative estimate of drug-likeness (QED) is 0.655. The molecule has 0 aromatic heterocycles. The van der Waals surface area contributed by atoms with E-state index >= 15 is 0 Å². The number of urea groups is 1. The van der Waals surface area contributed by atoms with Crippen LogP contribution in [0.2, 0.25) is 0 Å². The van der Waals surface area contributed by atoms with Gasteiger partial charge >= 0.3 is 6.03 Å². The number of rotatable bonds is 7. The molecule has 26 heavy (non-hydrogen) atoms. The van der Waals surface area contributed by atoms with E-state index in [9.17, 15) is 4.79 Å². The van der Waals surface area contributed by atoms with E-state index in [0.717, 1.165) is 23.4 Å². The molecule has 0 radical (unpaired) electrons. The van der Waals surface area contributed by atoms with Crippen molar-refractivity contribution in [2.75, 3.05) is 11.9 Å². The van der Waals surface area contributed by atoms with Crippen LogP contribution in [0.1, 0.15) is 11.1 Å². The molecule has 0 heterocycles. The molecule has 0 atom stereocenters. The van der Waals surface area contributed by atoms with Gasteiger partial charge < -0.3 is 15.4 Å². The summed E-state index contributed by atoms with van der Waals surface area (Å²) in [5, 5.41) is 5.68. The fourth-order valence-electron chi connectivity index (χ4n) is 2.52. The molecule has 3 rings (SSSR count). The Bertz CT molecular complexity index is 803. The van der Waals surface area contributed by atoms with Crippen LogP contribution in [0.15, 0.2) is 84.9 Å². The summed E-state index contributed by atoms with van der Waals surface area (Å²) in [6.45, 7) is 1.11. The van der Waals surface area contributed by atoms with E-state index in [1.807, 2.05) is 84.9 Å². The third-order valence-electron chi connectivity index (χ3n) is 3.90. The molecule has 0 bridgehead atoms. The van der Waals surface area contributed by atoms with Crippen LogP contribution < -0.4 is 15.4 Å². The maximum Gasteiger partial charge on any atom is 0.319 e. The first-order valence-electron chi connectivity index (χ1n) is 8.65. The number of amides is 2. The summed E-state index contributed by atoms with van der Waals surface area (Å²) in [4.78, 5) is 11.9. The summed E-state index contributed by atoms with van der Waals surface area (Å²) < 4.78 is 5.74. The normalized spacial score (nSPS) is 10.2. The molecule has 132 valence electrons. The minimum absolute atomic E-state index is 0.209. The Morgan fingerprint density at radius 2 is 1.38 bits per heavy atom.